The summed E-state index contributed by atoms with van der Waals surface area (Å²) >= 11 is 3.07. The largest absolute Gasteiger partial charge is 0.449 e. The van der Waals surface area contributed by atoms with E-state index in [1.165, 1.54) is 12.1 Å². The Morgan fingerprint density at radius 2 is 2.00 bits per heavy atom. The molecule has 2 heterocycles. The molecular formula is C15H11BrF3N3O2. The lowest BCUT2D eigenvalue weighted by Crippen LogP contribution is -2.28. The Hall–Kier alpha value is -2.29. The van der Waals surface area contributed by atoms with E-state index in [1.54, 1.807) is 24.3 Å². The second-order valence-corrected chi connectivity index (χ2v) is 5.71. The third-order valence-electron chi connectivity index (χ3n) is 3.33. The molecule has 0 atom stereocenters. The van der Waals surface area contributed by atoms with Crippen LogP contribution in [0.4, 0.5) is 13.2 Å². The molecule has 9 heteroatoms. The van der Waals surface area contributed by atoms with E-state index in [0.29, 0.717) is 10.2 Å². The average molecular weight is 402 g/mol. The summed E-state index contributed by atoms with van der Waals surface area (Å²) in [6.45, 7) is -0.0659. The molecule has 1 amide bonds. The van der Waals surface area contributed by atoms with Crippen molar-refractivity contribution in [1.29, 1.82) is 0 Å². The first-order chi connectivity index (χ1) is 11.4. The highest BCUT2D eigenvalue weighted by Gasteiger charge is 2.37. The molecule has 0 saturated carbocycles. The van der Waals surface area contributed by atoms with Gasteiger partial charge in [-0.05, 0) is 40.2 Å². The third kappa shape index (κ3) is 3.30. The molecule has 3 aromatic rings. The van der Waals surface area contributed by atoms with E-state index in [-0.39, 0.29) is 24.4 Å². The Bertz CT molecular complexity index is 886. The minimum atomic E-state index is -4.57. The van der Waals surface area contributed by atoms with E-state index in [0.717, 1.165) is 4.57 Å². The van der Waals surface area contributed by atoms with Crippen LogP contribution in [-0.4, -0.2) is 22.0 Å². The fourth-order valence-corrected chi connectivity index (χ4v) is 2.63. The van der Waals surface area contributed by atoms with Gasteiger partial charge in [0.2, 0.25) is 5.82 Å². The highest BCUT2D eigenvalue weighted by molar-refractivity contribution is 9.10. The second-order valence-electron chi connectivity index (χ2n) is 4.93. The Morgan fingerprint density at radius 3 is 2.67 bits per heavy atom. The van der Waals surface area contributed by atoms with Crippen LogP contribution < -0.4 is 5.32 Å². The number of benzene rings is 1. The molecule has 0 radical (unpaired) electrons. The SMILES string of the molecule is O=C(NCCn1c(C(F)(F)F)nc2ccccc21)c1ccc(Br)o1. The number of rotatable bonds is 4. The molecule has 0 aliphatic carbocycles. The Balaban J connectivity index is 1.78. The molecule has 24 heavy (non-hydrogen) atoms. The van der Waals surface area contributed by atoms with E-state index < -0.39 is 17.9 Å². The number of imidazole rings is 1. The lowest BCUT2D eigenvalue weighted by Gasteiger charge is -2.11. The molecule has 0 aliphatic rings. The monoisotopic (exact) mass is 401 g/mol. The van der Waals surface area contributed by atoms with Gasteiger partial charge in [-0.15, -0.1) is 0 Å². The first-order valence-electron chi connectivity index (χ1n) is 6.92. The number of hydrogen-bond acceptors (Lipinski definition) is 3. The molecule has 0 aliphatic heterocycles. The van der Waals surface area contributed by atoms with Crippen LogP contribution in [0.25, 0.3) is 11.0 Å². The number of alkyl halides is 3. The van der Waals surface area contributed by atoms with Gasteiger partial charge in [0.25, 0.3) is 5.91 Å². The molecule has 126 valence electrons. The second kappa shape index (κ2) is 6.31. The van der Waals surface area contributed by atoms with Crippen LogP contribution in [0.2, 0.25) is 0 Å². The van der Waals surface area contributed by atoms with Crippen molar-refractivity contribution in [2.24, 2.45) is 0 Å². The third-order valence-corrected chi connectivity index (χ3v) is 3.75. The summed E-state index contributed by atoms with van der Waals surface area (Å²) in [6, 6.07) is 9.35. The van der Waals surface area contributed by atoms with Gasteiger partial charge in [0.15, 0.2) is 10.4 Å². The fraction of sp³-hybridized carbons (Fsp3) is 0.200. The van der Waals surface area contributed by atoms with Crippen molar-refractivity contribution in [2.45, 2.75) is 12.7 Å². The van der Waals surface area contributed by atoms with Crippen molar-refractivity contribution in [1.82, 2.24) is 14.9 Å². The summed E-state index contributed by atoms with van der Waals surface area (Å²) in [6.07, 6.45) is -4.57. The topological polar surface area (TPSA) is 60.1 Å². The highest BCUT2D eigenvalue weighted by atomic mass is 79.9. The van der Waals surface area contributed by atoms with Gasteiger partial charge in [-0.2, -0.15) is 13.2 Å². The molecule has 1 aromatic carbocycles. The first kappa shape index (κ1) is 16.6. The van der Waals surface area contributed by atoms with Crippen molar-refractivity contribution in [3.8, 4) is 0 Å². The van der Waals surface area contributed by atoms with Crippen LogP contribution in [-0.2, 0) is 12.7 Å². The van der Waals surface area contributed by atoms with Gasteiger partial charge in [0.05, 0.1) is 11.0 Å². The van der Waals surface area contributed by atoms with Crippen molar-refractivity contribution >= 4 is 32.9 Å². The number of carbonyl (C=O) groups is 1. The van der Waals surface area contributed by atoms with Gasteiger partial charge >= 0.3 is 6.18 Å². The maximum absolute atomic E-state index is 13.1. The number of hydrogen-bond donors (Lipinski definition) is 1. The van der Waals surface area contributed by atoms with E-state index in [1.807, 2.05) is 0 Å². The van der Waals surface area contributed by atoms with Crippen LogP contribution in [0.5, 0.6) is 0 Å². The minimum absolute atomic E-state index is 0.000582. The van der Waals surface area contributed by atoms with Gasteiger partial charge in [-0.25, -0.2) is 4.98 Å². The van der Waals surface area contributed by atoms with Crippen molar-refractivity contribution in [3.05, 3.63) is 52.7 Å². The van der Waals surface area contributed by atoms with Crippen LogP contribution in [0.1, 0.15) is 16.4 Å². The highest BCUT2D eigenvalue weighted by Crippen LogP contribution is 2.31. The van der Waals surface area contributed by atoms with E-state index in [9.17, 15) is 18.0 Å². The Morgan fingerprint density at radius 1 is 1.25 bits per heavy atom. The molecule has 0 fully saturated rings. The normalized spacial score (nSPS) is 11.8. The maximum atomic E-state index is 13.1. The van der Waals surface area contributed by atoms with Gasteiger partial charge in [-0.3, -0.25) is 4.79 Å². The summed E-state index contributed by atoms with van der Waals surface area (Å²) in [5, 5.41) is 2.52. The number of carbonyl (C=O) groups excluding carboxylic acids is 1. The number of nitrogens with zero attached hydrogens (tertiary/aromatic N) is 2. The summed E-state index contributed by atoms with van der Waals surface area (Å²) in [7, 11) is 0. The summed E-state index contributed by atoms with van der Waals surface area (Å²) < 4.78 is 46.0. The Kier molecular flexibility index (Phi) is 4.35. The number of halogens is 4. The molecule has 0 saturated heterocycles. The summed E-state index contributed by atoms with van der Waals surface area (Å²) in [4.78, 5) is 15.5. The number of amides is 1. The predicted molar refractivity (Wildman–Crippen MR) is 83.5 cm³/mol. The van der Waals surface area contributed by atoms with Gasteiger partial charge in [0, 0.05) is 13.1 Å². The smallest absolute Gasteiger partial charge is 0.444 e. The summed E-state index contributed by atoms with van der Waals surface area (Å²) in [5.41, 5.74) is 0.617. The van der Waals surface area contributed by atoms with Crippen molar-refractivity contribution in [3.63, 3.8) is 0 Å². The van der Waals surface area contributed by atoms with Crippen LogP contribution in [0, 0.1) is 0 Å². The summed E-state index contributed by atoms with van der Waals surface area (Å²) in [5.74, 6) is -1.41. The maximum Gasteiger partial charge on any atom is 0.449 e. The number of para-hydroxylation sites is 2. The zero-order valence-electron chi connectivity index (χ0n) is 12.1. The van der Waals surface area contributed by atoms with Crippen molar-refractivity contribution in [2.75, 3.05) is 6.54 Å². The lowest BCUT2D eigenvalue weighted by molar-refractivity contribution is -0.146. The van der Waals surface area contributed by atoms with Crippen LogP contribution >= 0.6 is 15.9 Å². The van der Waals surface area contributed by atoms with E-state index in [2.05, 4.69) is 26.2 Å². The molecule has 3 rings (SSSR count). The zero-order valence-corrected chi connectivity index (χ0v) is 13.7. The molecule has 0 spiro atoms. The van der Waals surface area contributed by atoms with Gasteiger partial charge in [-0.1, -0.05) is 12.1 Å². The minimum Gasteiger partial charge on any atom is -0.444 e. The number of aromatic nitrogens is 2. The number of fused-ring (bicyclic) bond motifs is 1. The first-order valence-corrected chi connectivity index (χ1v) is 7.71. The van der Waals surface area contributed by atoms with E-state index in [4.69, 9.17) is 4.42 Å². The molecular weight excluding hydrogens is 391 g/mol. The quantitative estimate of drug-likeness (QED) is 0.722. The molecule has 2 aromatic heterocycles. The van der Waals surface area contributed by atoms with Crippen LogP contribution in [0.3, 0.4) is 0 Å². The molecule has 1 N–H and O–H groups in total. The lowest BCUT2D eigenvalue weighted by atomic mass is 10.3. The number of nitrogens with one attached hydrogen (secondary N) is 1. The molecule has 5 nitrogen and oxygen atoms in total. The van der Waals surface area contributed by atoms with Gasteiger partial charge in [0.1, 0.15) is 0 Å². The Labute approximate surface area is 142 Å². The van der Waals surface area contributed by atoms with E-state index >= 15 is 0 Å². The van der Waals surface area contributed by atoms with Gasteiger partial charge < -0.3 is 14.3 Å². The van der Waals surface area contributed by atoms with Crippen LogP contribution in [0.15, 0.2) is 45.5 Å². The fourth-order valence-electron chi connectivity index (χ4n) is 2.32. The molecule has 0 bridgehead atoms. The van der Waals surface area contributed by atoms with Crippen molar-refractivity contribution < 1.29 is 22.4 Å². The number of furan rings is 1. The zero-order chi connectivity index (χ0) is 17.3. The molecule has 0 unspecified atom stereocenters. The predicted octanol–water partition coefficient (Wildman–Crippen LogP) is 3.84. The standard InChI is InChI=1S/C15H11BrF3N3O2/c16-12-6-5-11(24-12)13(23)20-7-8-22-10-4-2-1-3-9(10)21-14(22)15(17,18)19/h1-6H,7-8H2,(H,20,23). The average Bonchev–Trinajstić information content (AvgIpc) is 3.11.